The summed E-state index contributed by atoms with van der Waals surface area (Å²) < 4.78 is 34.6. The Morgan fingerprint density at radius 2 is 1.91 bits per heavy atom. The molecule has 3 rings (SSSR count). The van der Waals surface area contributed by atoms with Crippen LogP contribution in [0, 0.1) is 17.2 Å². The number of nitrogens with zero attached hydrogens (tertiary/aromatic N) is 3. The molecule has 0 unspecified atom stereocenters. The first kappa shape index (κ1) is 24.7. The second kappa shape index (κ2) is 9.91. The first-order valence-electron chi connectivity index (χ1n) is 10.7. The standard InChI is InChI=1S/C24H29N3O5S/c1-16-13-27(17(2)15-28)33(30,31)24-10-9-21(20-7-5-19(12-25)6-8-20)11-22(24)32-23(16)14-26(4)18(3)29/h5-11,16-17,23,28H,13-15H2,1-4H3/t16-,17+,23+/m0/s1. The Kier molecular flexibility index (Phi) is 7.42. The molecule has 1 amide bonds. The maximum absolute atomic E-state index is 13.5. The van der Waals surface area contributed by atoms with Gasteiger partial charge in [0.15, 0.2) is 0 Å². The maximum atomic E-state index is 13.5. The fourth-order valence-electron chi connectivity index (χ4n) is 3.76. The fourth-order valence-corrected chi connectivity index (χ4v) is 5.58. The van der Waals surface area contributed by atoms with Gasteiger partial charge in [0.2, 0.25) is 15.9 Å². The molecule has 33 heavy (non-hydrogen) atoms. The van der Waals surface area contributed by atoms with Crippen LogP contribution in [-0.2, 0) is 14.8 Å². The number of hydrogen-bond acceptors (Lipinski definition) is 6. The lowest BCUT2D eigenvalue weighted by atomic mass is 10.0. The molecule has 9 heteroatoms. The van der Waals surface area contributed by atoms with E-state index in [0.29, 0.717) is 12.1 Å². The van der Waals surface area contributed by atoms with Crippen LogP contribution in [0.3, 0.4) is 0 Å². The molecule has 8 nitrogen and oxygen atoms in total. The second-order valence-electron chi connectivity index (χ2n) is 8.49. The summed E-state index contributed by atoms with van der Waals surface area (Å²) in [5.74, 6) is -0.171. The number of aliphatic hydroxyl groups excluding tert-OH is 1. The predicted molar refractivity (Wildman–Crippen MR) is 124 cm³/mol. The van der Waals surface area contributed by atoms with Gasteiger partial charge in [0.25, 0.3) is 0 Å². The first-order chi connectivity index (χ1) is 15.6. The zero-order chi connectivity index (χ0) is 24.3. The van der Waals surface area contributed by atoms with Crippen molar-refractivity contribution in [3.05, 3.63) is 48.0 Å². The predicted octanol–water partition coefficient (Wildman–Crippen LogP) is 2.47. The molecule has 0 spiro atoms. The molecule has 0 aliphatic carbocycles. The van der Waals surface area contributed by atoms with Crippen molar-refractivity contribution in [1.82, 2.24) is 9.21 Å². The highest BCUT2D eigenvalue weighted by Crippen LogP contribution is 2.36. The van der Waals surface area contributed by atoms with E-state index < -0.39 is 22.2 Å². The Hall–Kier alpha value is -2.93. The Bertz CT molecular complexity index is 1160. The van der Waals surface area contributed by atoms with Gasteiger partial charge in [-0.25, -0.2) is 8.42 Å². The number of likely N-dealkylation sites (N-methyl/N-ethyl adjacent to an activating group) is 1. The maximum Gasteiger partial charge on any atom is 0.247 e. The van der Waals surface area contributed by atoms with Crippen LogP contribution in [0.2, 0.25) is 0 Å². The smallest absolute Gasteiger partial charge is 0.247 e. The van der Waals surface area contributed by atoms with E-state index in [1.165, 1.54) is 17.3 Å². The molecule has 1 N–H and O–H groups in total. The zero-order valence-corrected chi connectivity index (χ0v) is 20.0. The number of carbonyl (C=O) groups excluding carboxylic acids is 1. The molecule has 0 fully saturated rings. The molecule has 0 bridgehead atoms. The third kappa shape index (κ3) is 5.19. The first-order valence-corrected chi connectivity index (χ1v) is 12.2. The minimum Gasteiger partial charge on any atom is -0.487 e. The van der Waals surface area contributed by atoms with Gasteiger partial charge in [-0.1, -0.05) is 25.1 Å². The SMILES string of the molecule is CC(=O)N(C)C[C@H]1Oc2cc(-c3ccc(C#N)cc3)ccc2S(=O)(=O)N([C@H](C)CO)C[C@@H]1C. The lowest BCUT2D eigenvalue weighted by Gasteiger charge is -2.37. The lowest BCUT2D eigenvalue weighted by Crippen LogP contribution is -2.50. The summed E-state index contributed by atoms with van der Waals surface area (Å²) in [6.45, 7) is 5.13. The van der Waals surface area contributed by atoms with Crippen LogP contribution in [0.25, 0.3) is 11.1 Å². The van der Waals surface area contributed by atoms with E-state index in [0.717, 1.165) is 11.1 Å². The summed E-state index contributed by atoms with van der Waals surface area (Å²) in [7, 11) is -2.26. The van der Waals surface area contributed by atoms with E-state index in [-0.39, 0.29) is 35.6 Å². The van der Waals surface area contributed by atoms with Gasteiger partial charge in [-0.2, -0.15) is 9.57 Å². The lowest BCUT2D eigenvalue weighted by molar-refractivity contribution is -0.129. The Morgan fingerprint density at radius 3 is 2.48 bits per heavy atom. The van der Waals surface area contributed by atoms with Crippen molar-refractivity contribution in [2.75, 3.05) is 26.7 Å². The molecule has 2 aromatic rings. The van der Waals surface area contributed by atoms with Gasteiger partial charge in [0.05, 0.1) is 24.8 Å². The molecule has 0 saturated carbocycles. The number of amides is 1. The van der Waals surface area contributed by atoms with Gasteiger partial charge in [-0.05, 0) is 42.3 Å². The molecule has 1 heterocycles. The van der Waals surface area contributed by atoms with Crippen LogP contribution >= 0.6 is 0 Å². The minimum absolute atomic E-state index is 0.0163. The fraction of sp³-hybridized carbons (Fsp3) is 0.417. The summed E-state index contributed by atoms with van der Waals surface area (Å²) in [6, 6.07) is 13.3. The summed E-state index contributed by atoms with van der Waals surface area (Å²) in [6.07, 6.45) is -0.460. The number of carbonyl (C=O) groups is 1. The molecule has 176 valence electrons. The number of sulfonamides is 1. The Balaban J connectivity index is 2.13. The number of rotatable bonds is 5. The van der Waals surface area contributed by atoms with Crippen LogP contribution in [0.15, 0.2) is 47.4 Å². The van der Waals surface area contributed by atoms with Gasteiger partial charge in [0.1, 0.15) is 16.7 Å². The molecular weight excluding hydrogens is 442 g/mol. The average molecular weight is 472 g/mol. The molecule has 1 aliphatic heterocycles. The van der Waals surface area contributed by atoms with Crippen LogP contribution in [0.4, 0.5) is 0 Å². The Morgan fingerprint density at radius 1 is 1.27 bits per heavy atom. The molecule has 0 saturated heterocycles. The van der Waals surface area contributed by atoms with Gasteiger partial charge in [0, 0.05) is 32.5 Å². The van der Waals surface area contributed by atoms with Crippen molar-refractivity contribution in [1.29, 1.82) is 5.26 Å². The van der Waals surface area contributed by atoms with Crippen LogP contribution in [0.5, 0.6) is 5.75 Å². The number of hydrogen-bond donors (Lipinski definition) is 1. The van der Waals surface area contributed by atoms with Crippen molar-refractivity contribution in [3.63, 3.8) is 0 Å². The van der Waals surface area contributed by atoms with Crippen molar-refractivity contribution in [2.24, 2.45) is 5.92 Å². The third-order valence-corrected chi connectivity index (χ3v) is 8.03. The minimum atomic E-state index is -3.94. The van der Waals surface area contributed by atoms with E-state index >= 15 is 0 Å². The van der Waals surface area contributed by atoms with Crippen molar-refractivity contribution in [3.8, 4) is 22.9 Å². The van der Waals surface area contributed by atoms with Crippen molar-refractivity contribution in [2.45, 2.75) is 37.8 Å². The average Bonchev–Trinajstić information content (AvgIpc) is 2.80. The van der Waals surface area contributed by atoms with Crippen LogP contribution in [0.1, 0.15) is 26.3 Å². The van der Waals surface area contributed by atoms with E-state index in [2.05, 4.69) is 6.07 Å². The quantitative estimate of drug-likeness (QED) is 0.717. The van der Waals surface area contributed by atoms with Gasteiger partial charge in [-0.3, -0.25) is 4.79 Å². The van der Waals surface area contributed by atoms with Crippen LogP contribution in [-0.4, -0.2) is 67.5 Å². The molecule has 3 atom stereocenters. The number of aliphatic hydroxyl groups is 1. The highest BCUT2D eigenvalue weighted by molar-refractivity contribution is 7.89. The van der Waals surface area contributed by atoms with E-state index in [1.54, 1.807) is 55.3 Å². The molecule has 1 aliphatic rings. The summed E-state index contributed by atoms with van der Waals surface area (Å²) in [4.78, 5) is 13.4. The number of benzene rings is 2. The number of fused-ring (bicyclic) bond motifs is 1. The monoisotopic (exact) mass is 471 g/mol. The molecule has 0 aromatic heterocycles. The third-order valence-electron chi connectivity index (χ3n) is 6.01. The van der Waals surface area contributed by atoms with Gasteiger partial charge >= 0.3 is 0 Å². The van der Waals surface area contributed by atoms with E-state index in [9.17, 15) is 18.3 Å². The van der Waals surface area contributed by atoms with Crippen molar-refractivity contribution < 1.29 is 23.1 Å². The largest absolute Gasteiger partial charge is 0.487 e. The highest BCUT2D eigenvalue weighted by Gasteiger charge is 2.38. The normalized spacial score (nSPS) is 21.0. The molecular formula is C24H29N3O5S. The summed E-state index contributed by atoms with van der Waals surface area (Å²) >= 11 is 0. The second-order valence-corrected chi connectivity index (χ2v) is 10.3. The molecule has 2 aromatic carbocycles. The van der Waals surface area contributed by atoms with E-state index in [4.69, 9.17) is 10.00 Å². The van der Waals surface area contributed by atoms with E-state index in [1.807, 2.05) is 6.92 Å². The Labute approximate surface area is 195 Å². The van der Waals surface area contributed by atoms with Crippen LogP contribution < -0.4 is 4.74 Å². The van der Waals surface area contributed by atoms with Gasteiger partial charge in [-0.15, -0.1) is 0 Å². The highest BCUT2D eigenvalue weighted by atomic mass is 32.2. The number of ether oxygens (including phenoxy) is 1. The summed E-state index contributed by atoms with van der Waals surface area (Å²) in [5, 5.41) is 18.8. The number of nitriles is 1. The topological polar surface area (TPSA) is 111 Å². The summed E-state index contributed by atoms with van der Waals surface area (Å²) in [5.41, 5.74) is 2.08. The molecule has 0 radical (unpaired) electrons. The van der Waals surface area contributed by atoms with Gasteiger partial charge < -0.3 is 14.7 Å². The zero-order valence-electron chi connectivity index (χ0n) is 19.2. The van der Waals surface area contributed by atoms with Crippen molar-refractivity contribution >= 4 is 15.9 Å².